The Morgan fingerprint density at radius 2 is 1.36 bits per heavy atom. The van der Waals surface area contributed by atoms with Crippen LogP contribution in [-0.2, 0) is 28.8 Å². The summed E-state index contributed by atoms with van der Waals surface area (Å²) in [6.07, 6.45) is 6.31. The van der Waals surface area contributed by atoms with E-state index in [1.54, 1.807) is 0 Å². The van der Waals surface area contributed by atoms with Crippen molar-refractivity contribution >= 4 is 6.08 Å². The molecule has 2 radical (unpaired) electrons. The van der Waals surface area contributed by atoms with Crippen LogP contribution in [0.25, 0.3) is 6.08 Å². The number of rotatable bonds is 0. The van der Waals surface area contributed by atoms with Crippen LogP contribution in [0.15, 0.2) is 30.3 Å². The number of fused-ring (bicyclic) bond motifs is 1. The first kappa shape index (κ1) is 15.5. The fourth-order valence-corrected chi connectivity index (χ4v) is 1.07. The Balaban J connectivity index is 0. The first-order valence-corrected chi connectivity index (χ1v) is 3.48. The Bertz CT molecular complexity index is 320. The largest absolute Gasteiger partial charge is 0.0755 e. The van der Waals surface area contributed by atoms with Crippen molar-refractivity contribution in [3.63, 3.8) is 0 Å². The Hall–Kier alpha value is -0.937. The molecule has 0 heterocycles. The molecule has 0 aliphatic heterocycles. The van der Waals surface area contributed by atoms with Gasteiger partial charge in [-0.15, -0.1) is 0 Å². The van der Waals surface area contributed by atoms with E-state index in [0.29, 0.717) is 0 Å². The SMILES string of the molecule is [C-]#[O+].[C-]#[O+].[CH]1C=Cc2ccccc21.[Rh]. The van der Waals surface area contributed by atoms with Crippen LogP contribution in [0, 0.1) is 19.7 Å². The summed E-state index contributed by atoms with van der Waals surface area (Å²) in [5.41, 5.74) is 2.66. The topological polar surface area (TPSA) is 39.8 Å². The first-order valence-electron chi connectivity index (χ1n) is 3.48. The number of allylic oxidation sites excluding steroid dienone is 1. The summed E-state index contributed by atoms with van der Waals surface area (Å²) in [6.45, 7) is 9.00. The van der Waals surface area contributed by atoms with Crippen LogP contribution in [0.1, 0.15) is 11.1 Å². The summed E-state index contributed by atoms with van der Waals surface area (Å²) < 4.78 is 15.0. The summed E-state index contributed by atoms with van der Waals surface area (Å²) >= 11 is 0. The van der Waals surface area contributed by atoms with Crippen molar-refractivity contribution in [2.75, 3.05) is 0 Å². The molecule has 14 heavy (non-hydrogen) atoms. The molecule has 0 spiro atoms. The van der Waals surface area contributed by atoms with Crippen LogP contribution < -0.4 is 0 Å². The molecule has 2 rings (SSSR count). The Morgan fingerprint density at radius 1 is 0.857 bits per heavy atom. The number of hydrogen-bond acceptors (Lipinski definition) is 0. The number of benzene rings is 1. The summed E-state index contributed by atoms with van der Waals surface area (Å²) in [6, 6.07) is 8.36. The smallest absolute Gasteiger partial charge is 0.0131 e. The van der Waals surface area contributed by atoms with E-state index in [2.05, 4.69) is 56.1 Å². The predicted molar refractivity (Wildman–Crippen MR) is 46.7 cm³/mol. The third-order valence-corrected chi connectivity index (χ3v) is 1.55. The molecule has 1 aliphatic rings. The van der Waals surface area contributed by atoms with Gasteiger partial charge < -0.3 is 0 Å². The van der Waals surface area contributed by atoms with Gasteiger partial charge in [0.15, 0.2) is 0 Å². The second-order valence-electron chi connectivity index (χ2n) is 2.15. The van der Waals surface area contributed by atoms with Gasteiger partial charge in [-0.3, -0.25) is 0 Å². The minimum atomic E-state index is 0. The predicted octanol–water partition coefficient (Wildman–Crippen LogP) is 2.19. The van der Waals surface area contributed by atoms with E-state index in [0.717, 1.165) is 0 Å². The van der Waals surface area contributed by atoms with Crippen molar-refractivity contribution in [3.8, 4) is 0 Å². The summed E-state index contributed by atoms with van der Waals surface area (Å²) in [5, 5.41) is 0. The maximum Gasteiger partial charge on any atom is 0.0131 e. The van der Waals surface area contributed by atoms with E-state index in [9.17, 15) is 0 Å². The average Bonchev–Trinajstić information content (AvgIpc) is 2.71. The maximum atomic E-state index is 7.50. The minimum Gasteiger partial charge on any atom is -0.0755 e. The van der Waals surface area contributed by atoms with Crippen LogP contribution >= 0.6 is 0 Å². The van der Waals surface area contributed by atoms with Crippen molar-refractivity contribution in [1.29, 1.82) is 0 Å². The molecule has 0 unspecified atom stereocenters. The van der Waals surface area contributed by atoms with Crippen LogP contribution in [0.5, 0.6) is 0 Å². The van der Waals surface area contributed by atoms with Gasteiger partial charge in [0.05, 0.1) is 0 Å². The molecule has 0 fully saturated rings. The van der Waals surface area contributed by atoms with Gasteiger partial charge in [0.1, 0.15) is 0 Å². The molecule has 0 atom stereocenters. The van der Waals surface area contributed by atoms with Crippen molar-refractivity contribution in [2.24, 2.45) is 0 Å². The zero-order chi connectivity index (χ0) is 10.1. The molecular weight excluding hydrogens is 267 g/mol. The van der Waals surface area contributed by atoms with Crippen LogP contribution in [0.2, 0.25) is 0 Å². The quantitative estimate of drug-likeness (QED) is 0.395. The maximum absolute atomic E-state index is 7.50. The Kier molecular flexibility index (Phi) is 11.3. The second kappa shape index (κ2) is 10.1. The van der Waals surface area contributed by atoms with E-state index < -0.39 is 0 Å². The molecule has 0 bridgehead atoms. The Labute approximate surface area is 96.2 Å². The summed E-state index contributed by atoms with van der Waals surface area (Å²) in [5.74, 6) is 0. The molecular formula is C11H7O2Rh. The van der Waals surface area contributed by atoms with E-state index in [-0.39, 0.29) is 19.5 Å². The fraction of sp³-hybridized carbons (Fsp3) is 0. The van der Waals surface area contributed by atoms with Crippen LogP contribution in [0.3, 0.4) is 0 Å². The fourth-order valence-electron chi connectivity index (χ4n) is 1.07. The molecule has 0 aromatic heterocycles. The third kappa shape index (κ3) is 4.34. The van der Waals surface area contributed by atoms with E-state index in [1.807, 2.05) is 0 Å². The molecule has 2 nitrogen and oxygen atoms in total. The molecule has 72 valence electrons. The van der Waals surface area contributed by atoms with Crippen molar-refractivity contribution in [3.05, 3.63) is 61.2 Å². The van der Waals surface area contributed by atoms with Gasteiger partial charge in [-0.2, -0.15) is 0 Å². The summed E-state index contributed by atoms with van der Waals surface area (Å²) in [4.78, 5) is 0. The molecule has 0 saturated carbocycles. The van der Waals surface area contributed by atoms with Crippen molar-refractivity contribution in [1.82, 2.24) is 0 Å². The molecule has 3 heteroatoms. The average molecular weight is 274 g/mol. The Morgan fingerprint density at radius 3 is 1.86 bits per heavy atom. The van der Waals surface area contributed by atoms with Crippen LogP contribution in [-0.4, -0.2) is 0 Å². The zero-order valence-electron chi connectivity index (χ0n) is 7.19. The molecule has 0 amide bonds. The van der Waals surface area contributed by atoms with Crippen molar-refractivity contribution in [2.45, 2.75) is 0 Å². The first-order chi connectivity index (χ1) is 6.47. The van der Waals surface area contributed by atoms with Gasteiger partial charge in [-0.05, 0) is 11.1 Å². The van der Waals surface area contributed by atoms with Crippen molar-refractivity contribution < 1.29 is 28.8 Å². The van der Waals surface area contributed by atoms with E-state index in [1.165, 1.54) is 11.1 Å². The normalized spacial score (nSPS) is 9.14. The molecule has 1 aliphatic carbocycles. The monoisotopic (exact) mass is 274 g/mol. The summed E-state index contributed by atoms with van der Waals surface area (Å²) in [7, 11) is 0. The number of hydrogen-bond donors (Lipinski definition) is 0. The van der Waals surface area contributed by atoms with Gasteiger partial charge >= 0.3 is 22.6 Å². The molecule has 0 N–H and O–H groups in total. The van der Waals surface area contributed by atoms with Crippen LogP contribution in [0.4, 0.5) is 0 Å². The standard InChI is InChI=1S/C9H7.2CO.Rh/c1-2-5-9-7-3-6-8(9)4-1;2*1-2;/h1-7H;;;. The molecule has 0 saturated heterocycles. The van der Waals surface area contributed by atoms with Gasteiger partial charge in [0.2, 0.25) is 0 Å². The second-order valence-corrected chi connectivity index (χ2v) is 2.15. The van der Waals surface area contributed by atoms with Gasteiger partial charge in [0.25, 0.3) is 0 Å². The molecule has 1 aromatic carbocycles. The molecule has 1 aromatic rings. The van der Waals surface area contributed by atoms with Gasteiger partial charge in [-0.1, -0.05) is 36.4 Å². The van der Waals surface area contributed by atoms with E-state index in [4.69, 9.17) is 9.30 Å². The third-order valence-electron chi connectivity index (χ3n) is 1.55. The van der Waals surface area contributed by atoms with Gasteiger partial charge in [0, 0.05) is 25.9 Å². The van der Waals surface area contributed by atoms with E-state index >= 15 is 0 Å². The van der Waals surface area contributed by atoms with Gasteiger partial charge in [-0.25, -0.2) is 0 Å². The zero-order valence-corrected chi connectivity index (χ0v) is 8.83. The minimum absolute atomic E-state index is 0.